The molecule has 0 heterocycles. The molecule has 0 saturated heterocycles. The molecule has 1 aromatic rings. The molecule has 1 aromatic carbocycles. The maximum atomic E-state index is 12.6. The van der Waals surface area contributed by atoms with Gasteiger partial charge in [-0.1, -0.05) is 0 Å². The Labute approximate surface area is 76.3 Å². The Morgan fingerprint density at radius 3 is 2.21 bits per heavy atom. The highest BCUT2D eigenvalue weighted by molar-refractivity contribution is 5.92. The summed E-state index contributed by atoms with van der Waals surface area (Å²) in [6.45, 7) is 0. The van der Waals surface area contributed by atoms with E-state index < -0.39 is 29.0 Å². The first-order chi connectivity index (χ1) is 6.30. The summed E-state index contributed by atoms with van der Waals surface area (Å²) in [7, 11) is 0. The lowest BCUT2D eigenvalue weighted by Gasteiger charge is -2.07. The highest BCUT2D eigenvalue weighted by atomic mass is 19.4. The fourth-order valence-electron chi connectivity index (χ4n) is 0.896. The molecule has 1 rings (SSSR count). The van der Waals surface area contributed by atoms with E-state index in [1.54, 1.807) is 0 Å². The average Bonchev–Trinajstić information content (AvgIpc) is 2.01. The van der Waals surface area contributed by atoms with Crippen molar-refractivity contribution < 1.29 is 22.4 Å². The highest BCUT2D eigenvalue weighted by Gasteiger charge is 2.31. The molecule has 0 unspecified atom stereocenters. The molecule has 0 saturated carbocycles. The second-order valence-electron chi connectivity index (χ2n) is 2.59. The summed E-state index contributed by atoms with van der Waals surface area (Å²) in [5, 5.41) is 0. The van der Waals surface area contributed by atoms with Gasteiger partial charge in [0.1, 0.15) is 5.82 Å². The molecular weight excluding hydrogens is 202 g/mol. The summed E-state index contributed by atoms with van der Waals surface area (Å²) in [4.78, 5) is 10.5. The zero-order valence-electron chi connectivity index (χ0n) is 6.73. The molecule has 0 aliphatic carbocycles. The minimum absolute atomic E-state index is 0.298. The molecule has 0 fully saturated rings. The highest BCUT2D eigenvalue weighted by Crippen LogP contribution is 2.30. The third kappa shape index (κ3) is 2.21. The number of primary amides is 1. The summed E-state index contributed by atoms with van der Waals surface area (Å²) in [5.74, 6) is -2.25. The Morgan fingerprint density at radius 2 is 1.79 bits per heavy atom. The second kappa shape index (κ2) is 3.28. The molecule has 1 amide bonds. The first-order valence-electron chi connectivity index (χ1n) is 3.48. The quantitative estimate of drug-likeness (QED) is 0.702. The van der Waals surface area contributed by atoms with Crippen LogP contribution in [0.5, 0.6) is 0 Å². The summed E-state index contributed by atoms with van der Waals surface area (Å²) >= 11 is 0. The Hall–Kier alpha value is -1.59. The van der Waals surface area contributed by atoms with Crippen molar-refractivity contribution in [2.45, 2.75) is 6.18 Å². The predicted molar refractivity (Wildman–Crippen MR) is 39.9 cm³/mol. The van der Waals surface area contributed by atoms with E-state index in [-0.39, 0.29) is 0 Å². The smallest absolute Gasteiger partial charge is 0.366 e. The van der Waals surface area contributed by atoms with Gasteiger partial charge >= 0.3 is 6.18 Å². The van der Waals surface area contributed by atoms with E-state index in [2.05, 4.69) is 0 Å². The third-order valence-corrected chi connectivity index (χ3v) is 1.51. The summed E-state index contributed by atoms with van der Waals surface area (Å²) in [6, 6.07) is 1.45. The number of carbonyl (C=O) groups is 1. The monoisotopic (exact) mass is 207 g/mol. The first-order valence-corrected chi connectivity index (χ1v) is 3.48. The maximum Gasteiger partial charge on any atom is 0.416 e. The zero-order valence-corrected chi connectivity index (χ0v) is 6.73. The van der Waals surface area contributed by atoms with Crippen LogP contribution in [0.3, 0.4) is 0 Å². The number of nitrogens with two attached hydrogens (primary N) is 1. The number of alkyl halides is 3. The van der Waals surface area contributed by atoms with E-state index in [0.717, 1.165) is 0 Å². The van der Waals surface area contributed by atoms with E-state index in [9.17, 15) is 22.4 Å². The van der Waals surface area contributed by atoms with Gasteiger partial charge in [0.15, 0.2) is 0 Å². The molecule has 0 aliphatic rings. The zero-order chi connectivity index (χ0) is 10.9. The second-order valence-corrected chi connectivity index (χ2v) is 2.59. The molecular formula is C8H5F4NO. The molecule has 2 nitrogen and oxygen atoms in total. The van der Waals surface area contributed by atoms with Gasteiger partial charge in [-0.25, -0.2) is 4.39 Å². The van der Waals surface area contributed by atoms with Crippen LogP contribution in [0.1, 0.15) is 15.9 Å². The number of rotatable bonds is 1. The van der Waals surface area contributed by atoms with Gasteiger partial charge < -0.3 is 5.73 Å². The van der Waals surface area contributed by atoms with Gasteiger partial charge in [-0.05, 0) is 18.2 Å². The molecule has 0 aromatic heterocycles. The first kappa shape index (κ1) is 10.5. The van der Waals surface area contributed by atoms with Crippen molar-refractivity contribution in [1.29, 1.82) is 0 Å². The molecule has 0 aliphatic heterocycles. The molecule has 2 N–H and O–H groups in total. The SMILES string of the molecule is NC(=O)c1cc(F)cc(C(F)(F)F)c1. The van der Waals surface area contributed by atoms with Gasteiger partial charge in [-0.3, -0.25) is 4.79 Å². The van der Waals surface area contributed by atoms with E-state index in [1.165, 1.54) is 0 Å². The Kier molecular flexibility index (Phi) is 2.46. The lowest BCUT2D eigenvalue weighted by atomic mass is 10.1. The molecule has 14 heavy (non-hydrogen) atoms. The van der Waals surface area contributed by atoms with Gasteiger partial charge in [0.2, 0.25) is 5.91 Å². The van der Waals surface area contributed by atoms with Crippen LogP contribution < -0.4 is 5.73 Å². The molecule has 6 heteroatoms. The number of amides is 1. The van der Waals surface area contributed by atoms with Crippen molar-refractivity contribution >= 4 is 5.91 Å². The Morgan fingerprint density at radius 1 is 1.21 bits per heavy atom. The molecule has 76 valence electrons. The molecule has 0 bridgehead atoms. The van der Waals surface area contributed by atoms with Crippen molar-refractivity contribution in [2.75, 3.05) is 0 Å². The van der Waals surface area contributed by atoms with Crippen LogP contribution >= 0.6 is 0 Å². The molecule has 0 atom stereocenters. The Balaban J connectivity index is 3.28. The average molecular weight is 207 g/mol. The minimum atomic E-state index is -4.69. The van der Waals surface area contributed by atoms with E-state index in [1.807, 2.05) is 0 Å². The maximum absolute atomic E-state index is 12.6. The topological polar surface area (TPSA) is 43.1 Å². The van der Waals surface area contributed by atoms with Crippen LogP contribution in [-0.4, -0.2) is 5.91 Å². The largest absolute Gasteiger partial charge is 0.416 e. The van der Waals surface area contributed by atoms with Crippen LogP contribution in [0.2, 0.25) is 0 Å². The van der Waals surface area contributed by atoms with Crippen LogP contribution in [0.25, 0.3) is 0 Å². The summed E-state index contributed by atoms with van der Waals surface area (Å²) in [5.41, 5.74) is 2.99. The fourth-order valence-corrected chi connectivity index (χ4v) is 0.896. The number of carbonyl (C=O) groups excluding carboxylic acids is 1. The number of halogens is 4. The summed E-state index contributed by atoms with van der Waals surface area (Å²) in [6.07, 6.45) is -4.69. The number of benzene rings is 1. The fraction of sp³-hybridized carbons (Fsp3) is 0.125. The van der Waals surface area contributed by atoms with Crippen LogP contribution in [0, 0.1) is 5.82 Å². The predicted octanol–water partition coefficient (Wildman–Crippen LogP) is 1.94. The third-order valence-electron chi connectivity index (χ3n) is 1.51. The summed E-state index contributed by atoms with van der Waals surface area (Å²) < 4.78 is 48.9. The lowest BCUT2D eigenvalue weighted by Crippen LogP contribution is -2.14. The van der Waals surface area contributed by atoms with Crippen LogP contribution in [0.4, 0.5) is 17.6 Å². The van der Waals surface area contributed by atoms with Crippen LogP contribution in [0.15, 0.2) is 18.2 Å². The molecule has 0 spiro atoms. The van der Waals surface area contributed by atoms with Gasteiger partial charge in [0, 0.05) is 5.56 Å². The van der Waals surface area contributed by atoms with E-state index in [4.69, 9.17) is 5.73 Å². The standard InChI is InChI=1S/C8H5F4NO/c9-6-2-4(7(13)14)1-5(3-6)8(10,11)12/h1-3H,(H2,13,14). The van der Waals surface area contributed by atoms with Crippen molar-refractivity contribution in [2.24, 2.45) is 5.73 Å². The van der Waals surface area contributed by atoms with Crippen molar-refractivity contribution in [3.63, 3.8) is 0 Å². The van der Waals surface area contributed by atoms with Gasteiger partial charge in [0.05, 0.1) is 5.56 Å². The number of hydrogen-bond acceptors (Lipinski definition) is 1. The Bertz CT molecular complexity index is 372. The van der Waals surface area contributed by atoms with Crippen molar-refractivity contribution in [1.82, 2.24) is 0 Å². The normalized spacial score (nSPS) is 11.4. The van der Waals surface area contributed by atoms with Gasteiger partial charge in [-0.2, -0.15) is 13.2 Å². The lowest BCUT2D eigenvalue weighted by molar-refractivity contribution is -0.137. The van der Waals surface area contributed by atoms with Crippen molar-refractivity contribution in [3.05, 3.63) is 35.1 Å². The number of hydrogen-bond donors (Lipinski definition) is 1. The van der Waals surface area contributed by atoms with Crippen LogP contribution in [-0.2, 0) is 6.18 Å². The van der Waals surface area contributed by atoms with E-state index >= 15 is 0 Å². The minimum Gasteiger partial charge on any atom is -0.366 e. The van der Waals surface area contributed by atoms with Gasteiger partial charge in [0.25, 0.3) is 0 Å². The van der Waals surface area contributed by atoms with Gasteiger partial charge in [-0.15, -0.1) is 0 Å². The molecule has 0 radical (unpaired) electrons. The van der Waals surface area contributed by atoms with Crippen molar-refractivity contribution in [3.8, 4) is 0 Å². The van der Waals surface area contributed by atoms with E-state index in [0.29, 0.717) is 18.2 Å².